The number of carbonyl (C=O) groups is 1. The number of carbonyl (C=O) groups excluding carboxylic acids is 1. The van der Waals surface area contributed by atoms with Gasteiger partial charge in [0.05, 0.1) is 23.1 Å². The van der Waals surface area contributed by atoms with Crippen molar-refractivity contribution in [3.05, 3.63) is 82.9 Å². The smallest absolute Gasteiger partial charge is 0.255 e. The summed E-state index contributed by atoms with van der Waals surface area (Å²) in [6, 6.07) is 17.5. The van der Waals surface area contributed by atoms with E-state index in [4.69, 9.17) is 4.74 Å². The molecule has 0 spiro atoms. The van der Waals surface area contributed by atoms with Gasteiger partial charge in [-0.1, -0.05) is 36.4 Å². The van der Waals surface area contributed by atoms with Gasteiger partial charge in [0.2, 0.25) is 0 Å². The number of aryl methyl sites for hydroxylation is 3. The van der Waals surface area contributed by atoms with Crippen LogP contribution < -0.4 is 10.1 Å². The molecule has 9 nitrogen and oxygen atoms in total. The van der Waals surface area contributed by atoms with Crippen LogP contribution in [0.2, 0.25) is 0 Å². The first-order valence-electron chi connectivity index (χ1n) is 11.3. The van der Waals surface area contributed by atoms with Crippen LogP contribution in [0, 0.1) is 13.8 Å². The number of tetrazole rings is 1. The van der Waals surface area contributed by atoms with Crippen molar-refractivity contribution < 1.29 is 9.53 Å². The summed E-state index contributed by atoms with van der Waals surface area (Å²) in [5, 5.41) is 19.3. The van der Waals surface area contributed by atoms with Gasteiger partial charge >= 0.3 is 0 Å². The molecule has 0 saturated carbocycles. The van der Waals surface area contributed by atoms with Crippen molar-refractivity contribution in [1.82, 2.24) is 30.0 Å². The summed E-state index contributed by atoms with van der Waals surface area (Å²) >= 11 is 0. The molecule has 0 radical (unpaired) electrons. The lowest BCUT2D eigenvalue weighted by atomic mass is 10.1. The Hall–Kier alpha value is -4.01. The van der Waals surface area contributed by atoms with E-state index in [2.05, 4.69) is 38.1 Å². The minimum Gasteiger partial charge on any atom is -0.486 e. The lowest BCUT2D eigenvalue weighted by Crippen LogP contribution is -2.14. The Morgan fingerprint density at radius 2 is 1.88 bits per heavy atom. The molecule has 4 rings (SSSR count). The predicted octanol–water partition coefficient (Wildman–Crippen LogP) is 4.14. The number of ether oxygens (including phenoxy) is 1. The van der Waals surface area contributed by atoms with E-state index in [9.17, 15) is 4.79 Å². The van der Waals surface area contributed by atoms with Crippen LogP contribution in [-0.2, 0) is 19.6 Å². The van der Waals surface area contributed by atoms with Gasteiger partial charge in [0.15, 0.2) is 5.82 Å². The summed E-state index contributed by atoms with van der Waals surface area (Å²) in [4.78, 5) is 13.0. The minimum atomic E-state index is -0.216. The number of hydrogen-bond donors (Lipinski definition) is 1. The number of hydrogen-bond acceptors (Lipinski definition) is 6. The molecular formula is C25H29N7O2. The van der Waals surface area contributed by atoms with Crippen molar-refractivity contribution in [3.63, 3.8) is 0 Å². The van der Waals surface area contributed by atoms with Gasteiger partial charge in [0.25, 0.3) is 5.91 Å². The van der Waals surface area contributed by atoms with E-state index in [-0.39, 0.29) is 18.6 Å². The monoisotopic (exact) mass is 459 g/mol. The SMILES string of the molecule is Cc1nn(CCc2ccccc2)c(C)c1NC(=O)c1cccc(OCc2nnnn2C(C)C)c1. The van der Waals surface area contributed by atoms with E-state index >= 15 is 0 Å². The zero-order valence-corrected chi connectivity index (χ0v) is 19.9. The van der Waals surface area contributed by atoms with E-state index in [1.165, 1.54) is 5.56 Å². The number of nitrogens with zero attached hydrogens (tertiary/aromatic N) is 6. The maximum Gasteiger partial charge on any atom is 0.255 e. The molecule has 0 aliphatic rings. The Kier molecular flexibility index (Phi) is 7.01. The number of nitrogens with one attached hydrogen (secondary N) is 1. The summed E-state index contributed by atoms with van der Waals surface area (Å²) in [5.74, 6) is 0.975. The molecule has 2 heterocycles. The lowest BCUT2D eigenvalue weighted by Gasteiger charge is -2.11. The molecule has 2 aromatic heterocycles. The second-order valence-corrected chi connectivity index (χ2v) is 8.41. The van der Waals surface area contributed by atoms with Crippen LogP contribution in [0.3, 0.4) is 0 Å². The zero-order valence-electron chi connectivity index (χ0n) is 19.9. The van der Waals surface area contributed by atoms with Gasteiger partial charge < -0.3 is 10.1 Å². The highest BCUT2D eigenvalue weighted by atomic mass is 16.5. The largest absolute Gasteiger partial charge is 0.486 e. The molecule has 0 fully saturated rings. The normalized spacial score (nSPS) is 11.1. The van der Waals surface area contributed by atoms with Crippen LogP contribution in [0.1, 0.15) is 53.0 Å². The molecule has 0 unspecified atom stereocenters. The van der Waals surface area contributed by atoms with E-state index in [0.717, 1.165) is 30.0 Å². The highest BCUT2D eigenvalue weighted by Gasteiger charge is 2.16. The summed E-state index contributed by atoms with van der Waals surface area (Å²) in [7, 11) is 0. The molecule has 34 heavy (non-hydrogen) atoms. The second-order valence-electron chi connectivity index (χ2n) is 8.41. The molecule has 4 aromatic rings. The first-order valence-corrected chi connectivity index (χ1v) is 11.3. The van der Waals surface area contributed by atoms with Crippen LogP contribution in [0.15, 0.2) is 54.6 Å². The number of aromatic nitrogens is 6. The van der Waals surface area contributed by atoms with Crippen LogP contribution in [0.4, 0.5) is 5.69 Å². The van der Waals surface area contributed by atoms with Crippen molar-refractivity contribution in [2.24, 2.45) is 0 Å². The molecule has 0 aliphatic carbocycles. The van der Waals surface area contributed by atoms with E-state index < -0.39 is 0 Å². The summed E-state index contributed by atoms with van der Waals surface area (Å²) < 4.78 is 9.49. The third-order valence-electron chi connectivity index (χ3n) is 5.59. The lowest BCUT2D eigenvalue weighted by molar-refractivity contribution is 0.102. The van der Waals surface area contributed by atoms with Crippen molar-refractivity contribution >= 4 is 11.6 Å². The maximum atomic E-state index is 13.0. The van der Waals surface area contributed by atoms with Crippen LogP contribution in [-0.4, -0.2) is 35.9 Å². The summed E-state index contributed by atoms with van der Waals surface area (Å²) in [5.41, 5.74) is 4.19. The fourth-order valence-electron chi connectivity index (χ4n) is 3.74. The Bertz CT molecular complexity index is 1260. The molecule has 0 bridgehead atoms. The quantitative estimate of drug-likeness (QED) is 0.404. The van der Waals surface area contributed by atoms with E-state index in [1.54, 1.807) is 28.9 Å². The van der Waals surface area contributed by atoms with Crippen molar-refractivity contribution in [3.8, 4) is 5.75 Å². The number of anilines is 1. The standard InChI is InChI=1S/C25H29N7O2/c1-17(2)32-23(27-29-30-32)16-34-22-12-8-11-21(15-22)25(33)26-24-18(3)28-31(19(24)4)14-13-20-9-6-5-7-10-20/h5-12,15,17H,13-14,16H2,1-4H3,(H,26,33). The van der Waals surface area contributed by atoms with Crippen molar-refractivity contribution in [2.45, 2.75) is 53.3 Å². The van der Waals surface area contributed by atoms with Crippen molar-refractivity contribution in [2.75, 3.05) is 5.32 Å². The van der Waals surface area contributed by atoms with E-state index in [1.807, 2.05) is 50.6 Å². The number of benzene rings is 2. The number of rotatable bonds is 9. The van der Waals surface area contributed by atoms with Gasteiger partial charge in [-0.15, -0.1) is 5.10 Å². The fraction of sp³-hybridized carbons (Fsp3) is 0.320. The molecule has 0 aliphatic heterocycles. The van der Waals surface area contributed by atoms with Gasteiger partial charge in [-0.05, 0) is 68.3 Å². The fourth-order valence-corrected chi connectivity index (χ4v) is 3.74. The Morgan fingerprint density at radius 3 is 2.65 bits per heavy atom. The molecule has 1 N–H and O–H groups in total. The average Bonchev–Trinajstić information content (AvgIpc) is 3.42. The average molecular weight is 460 g/mol. The molecule has 9 heteroatoms. The zero-order chi connectivity index (χ0) is 24.1. The summed E-state index contributed by atoms with van der Waals surface area (Å²) in [6.07, 6.45) is 0.871. The molecule has 0 saturated heterocycles. The van der Waals surface area contributed by atoms with Gasteiger partial charge in [-0.25, -0.2) is 4.68 Å². The van der Waals surface area contributed by atoms with Crippen LogP contribution >= 0.6 is 0 Å². The Morgan fingerprint density at radius 1 is 1.09 bits per heavy atom. The Labute approximate surface area is 198 Å². The van der Waals surface area contributed by atoms with E-state index in [0.29, 0.717) is 17.1 Å². The Balaban J connectivity index is 1.41. The van der Waals surface area contributed by atoms with Gasteiger partial charge in [0, 0.05) is 12.1 Å². The van der Waals surface area contributed by atoms with Crippen LogP contribution in [0.25, 0.3) is 0 Å². The third kappa shape index (κ3) is 5.31. The predicted molar refractivity (Wildman–Crippen MR) is 129 cm³/mol. The topological polar surface area (TPSA) is 99.8 Å². The summed E-state index contributed by atoms with van der Waals surface area (Å²) in [6.45, 7) is 8.82. The minimum absolute atomic E-state index is 0.130. The van der Waals surface area contributed by atoms with Gasteiger partial charge in [-0.3, -0.25) is 9.48 Å². The molecule has 176 valence electrons. The van der Waals surface area contributed by atoms with Gasteiger partial charge in [0.1, 0.15) is 12.4 Å². The molecule has 0 atom stereocenters. The van der Waals surface area contributed by atoms with Crippen LogP contribution in [0.5, 0.6) is 5.75 Å². The third-order valence-corrected chi connectivity index (χ3v) is 5.59. The second kappa shape index (κ2) is 10.3. The highest BCUT2D eigenvalue weighted by molar-refractivity contribution is 6.05. The maximum absolute atomic E-state index is 13.0. The van der Waals surface area contributed by atoms with Gasteiger partial charge in [-0.2, -0.15) is 5.10 Å². The molecule has 1 amide bonds. The first-order chi connectivity index (χ1) is 16.4. The van der Waals surface area contributed by atoms with Crippen molar-refractivity contribution in [1.29, 1.82) is 0 Å². The first kappa shape index (κ1) is 23.2. The number of amides is 1. The molecule has 2 aromatic carbocycles. The molecular weight excluding hydrogens is 430 g/mol. The highest BCUT2D eigenvalue weighted by Crippen LogP contribution is 2.22.